The molecule has 0 aliphatic rings. The number of nitriles is 2. The van der Waals surface area contributed by atoms with Gasteiger partial charge in [-0.3, -0.25) is 0 Å². The van der Waals surface area contributed by atoms with Gasteiger partial charge in [0.05, 0.1) is 24.0 Å². The van der Waals surface area contributed by atoms with Crippen molar-refractivity contribution in [3.05, 3.63) is 82.7 Å². The molecule has 0 bridgehead atoms. The summed E-state index contributed by atoms with van der Waals surface area (Å²) in [4.78, 5) is 8.99. The van der Waals surface area contributed by atoms with Gasteiger partial charge in [-0.2, -0.15) is 10.5 Å². The number of aliphatic hydroxyl groups is 2. The lowest BCUT2D eigenvalue weighted by Gasteiger charge is -2.13. The lowest BCUT2D eigenvalue weighted by atomic mass is 9.95. The SMILES string of the molecule is Cc1oc(-c2ccccc2)nc1CSc1nc(N)c(C#N)c(-c2ccc(CC[C@H](O)CO)cc2)c1C#N. The molecule has 0 unspecified atom stereocenters. The van der Waals surface area contributed by atoms with E-state index in [1.165, 1.54) is 11.8 Å². The average molecular weight is 512 g/mol. The minimum absolute atomic E-state index is 0.0518. The van der Waals surface area contributed by atoms with Crippen LogP contribution in [-0.2, 0) is 12.2 Å². The van der Waals surface area contributed by atoms with Gasteiger partial charge in [0.2, 0.25) is 5.89 Å². The molecule has 2 heterocycles. The van der Waals surface area contributed by atoms with E-state index < -0.39 is 6.10 Å². The summed E-state index contributed by atoms with van der Waals surface area (Å²) in [5.74, 6) is 1.65. The number of nitrogens with two attached hydrogens (primary N) is 1. The van der Waals surface area contributed by atoms with Crippen LogP contribution in [0.25, 0.3) is 22.6 Å². The Morgan fingerprint density at radius 1 is 1.00 bits per heavy atom. The van der Waals surface area contributed by atoms with Gasteiger partial charge in [0.15, 0.2) is 0 Å². The topological polar surface area (TPSA) is 153 Å². The molecule has 0 aliphatic heterocycles. The number of rotatable bonds is 9. The Morgan fingerprint density at radius 2 is 1.70 bits per heavy atom. The molecular weight excluding hydrogens is 486 g/mol. The van der Waals surface area contributed by atoms with Crippen molar-refractivity contribution in [1.29, 1.82) is 10.5 Å². The number of hydrogen-bond donors (Lipinski definition) is 3. The van der Waals surface area contributed by atoms with E-state index in [0.717, 1.165) is 16.8 Å². The summed E-state index contributed by atoms with van der Waals surface area (Å²) < 4.78 is 5.84. The van der Waals surface area contributed by atoms with Crippen molar-refractivity contribution in [3.63, 3.8) is 0 Å². The second-order valence-electron chi connectivity index (χ2n) is 8.40. The van der Waals surface area contributed by atoms with Crippen LogP contribution < -0.4 is 5.73 Å². The molecule has 0 fully saturated rings. The van der Waals surface area contributed by atoms with Gasteiger partial charge >= 0.3 is 0 Å². The van der Waals surface area contributed by atoms with Crippen molar-refractivity contribution >= 4 is 17.6 Å². The summed E-state index contributed by atoms with van der Waals surface area (Å²) in [5, 5.41) is 38.9. The molecule has 4 aromatic rings. The molecule has 0 saturated heterocycles. The fraction of sp³-hybridized carbons (Fsp3) is 0.214. The molecule has 8 nitrogen and oxygen atoms in total. The highest BCUT2D eigenvalue weighted by molar-refractivity contribution is 7.98. The largest absolute Gasteiger partial charge is 0.441 e. The zero-order valence-corrected chi connectivity index (χ0v) is 21.0. The summed E-state index contributed by atoms with van der Waals surface area (Å²) >= 11 is 1.31. The van der Waals surface area contributed by atoms with Gasteiger partial charge in [-0.1, -0.05) is 54.2 Å². The highest BCUT2D eigenvalue weighted by atomic mass is 32.2. The first-order valence-corrected chi connectivity index (χ1v) is 12.6. The second-order valence-corrected chi connectivity index (χ2v) is 9.36. The van der Waals surface area contributed by atoms with Crippen LogP contribution in [0.2, 0.25) is 0 Å². The van der Waals surface area contributed by atoms with Crippen LogP contribution in [0.5, 0.6) is 0 Å². The minimum Gasteiger partial charge on any atom is -0.441 e. The van der Waals surface area contributed by atoms with E-state index >= 15 is 0 Å². The predicted octanol–water partition coefficient (Wildman–Crippen LogP) is 4.62. The number of oxazole rings is 1. The zero-order valence-electron chi connectivity index (χ0n) is 20.2. The van der Waals surface area contributed by atoms with E-state index in [9.17, 15) is 15.6 Å². The van der Waals surface area contributed by atoms with Crippen molar-refractivity contribution in [2.24, 2.45) is 0 Å². The Hall–Kier alpha value is -4.15. The minimum atomic E-state index is -0.772. The summed E-state index contributed by atoms with van der Waals surface area (Å²) in [7, 11) is 0. The quantitative estimate of drug-likeness (QED) is 0.273. The Labute approximate surface area is 219 Å². The first-order valence-electron chi connectivity index (χ1n) is 11.6. The molecule has 0 saturated carbocycles. The lowest BCUT2D eigenvalue weighted by molar-refractivity contribution is 0.0886. The van der Waals surface area contributed by atoms with Gasteiger partial charge in [0.25, 0.3) is 0 Å². The number of nitrogen functional groups attached to an aromatic ring is 1. The Morgan fingerprint density at radius 3 is 2.35 bits per heavy atom. The van der Waals surface area contributed by atoms with E-state index in [2.05, 4.69) is 22.1 Å². The van der Waals surface area contributed by atoms with E-state index in [-0.39, 0.29) is 23.6 Å². The number of aromatic nitrogens is 2. The molecule has 0 aliphatic carbocycles. The molecule has 2 aromatic carbocycles. The molecule has 4 rings (SSSR count). The second kappa shape index (κ2) is 11.7. The Bertz CT molecular complexity index is 1470. The van der Waals surface area contributed by atoms with E-state index in [0.29, 0.717) is 46.4 Å². The van der Waals surface area contributed by atoms with Crippen LogP contribution in [0.1, 0.15) is 34.6 Å². The van der Waals surface area contributed by atoms with Crippen LogP contribution in [-0.4, -0.2) is 32.9 Å². The number of hydrogen-bond acceptors (Lipinski definition) is 9. The van der Waals surface area contributed by atoms with Crippen LogP contribution in [0.3, 0.4) is 0 Å². The lowest BCUT2D eigenvalue weighted by Crippen LogP contribution is -2.12. The molecule has 0 radical (unpaired) electrons. The van der Waals surface area contributed by atoms with Gasteiger partial charge in [0.1, 0.15) is 34.3 Å². The van der Waals surface area contributed by atoms with Crippen molar-refractivity contribution in [2.45, 2.75) is 36.6 Å². The van der Waals surface area contributed by atoms with Crippen molar-refractivity contribution in [2.75, 3.05) is 12.3 Å². The molecule has 9 heteroatoms. The van der Waals surface area contributed by atoms with Gasteiger partial charge < -0.3 is 20.4 Å². The van der Waals surface area contributed by atoms with E-state index in [1.807, 2.05) is 61.5 Å². The number of anilines is 1. The highest BCUT2D eigenvalue weighted by Gasteiger charge is 2.21. The molecule has 186 valence electrons. The van der Waals surface area contributed by atoms with Crippen molar-refractivity contribution in [1.82, 2.24) is 9.97 Å². The highest BCUT2D eigenvalue weighted by Crippen LogP contribution is 2.37. The number of aryl methyl sites for hydroxylation is 2. The monoisotopic (exact) mass is 511 g/mol. The van der Waals surface area contributed by atoms with Gasteiger partial charge in [-0.05, 0) is 43.0 Å². The normalized spacial score (nSPS) is 11.6. The van der Waals surface area contributed by atoms with Crippen LogP contribution in [0.15, 0.2) is 64.0 Å². The fourth-order valence-electron chi connectivity index (χ4n) is 3.86. The Kier molecular flexibility index (Phi) is 8.22. The number of benzene rings is 2. The Balaban J connectivity index is 1.63. The third kappa shape index (κ3) is 5.82. The zero-order chi connectivity index (χ0) is 26.4. The first kappa shape index (κ1) is 25.9. The summed E-state index contributed by atoms with van der Waals surface area (Å²) in [6.45, 7) is 1.56. The third-order valence-corrected chi connectivity index (χ3v) is 6.88. The van der Waals surface area contributed by atoms with Gasteiger partial charge in [-0.25, -0.2) is 9.97 Å². The molecular formula is C28H25N5O3S. The van der Waals surface area contributed by atoms with Crippen LogP contribution in [0.4, 0.5) is 5.82 Å². The summed E-state index contributed by atoms with van der Waals surface area (Å²) in [5.41, 5.74) is 10.2. The maximum atomic E-state index is 10.1. The standard InChI is InChI=1S/C28H25N5O3S/c1-17-24(32-27(36-17)20-5-3-2-4-6-20)16-37-28-23(14-30)25(22(13-29)26(31)33-28)19-10-7-18(8-11-19)9-12-21(35)15-34/h2-8,10-11,21,34-35H,9,12,15-16H2,1H3,(H2,31,33)/t21-/m0/s1. The molecule has 1 atom stereocenters. The fourth-order valence-corrected chi connectivity index (χ4v) is 4.85. The van der Waals surface area contributed by atoms with E-state index in [4.69, 9.17) is 15.3 Å². The maximum absolute atomic E-state index is 10.1. The van der Waals surface area contributed by atoms with E-state index in [1.54, 1.807) is 0 Å². The number of thioether (sulfide) groups is 1. The maximum Gasteiger partial charge on any atom is 0.226 e. The molecule has 37 heavy (non-hydrogen) atoms. The molecule has 4 N–H and O–H groups in total. The smallest absolute Gasteiger partial charge is 0.226 e. The molecule has 0 amide bonds. The number of pyridine rings is 1. The number of nitrogens with zero attached hydrogens (tertiary/aromatic N) is 4. The van der Waals surface area contributed by atoms with Gasteiger partial charge in [-0.15, -0.1) is 0 Å². The predicted molar refractivity (Wildman–Crippen MR) is 141 cm³/mol. The molecule has 0 spiro atoms. The first-order chi connectivity index (χ1) is 17.9. The van der Waals surface area contributed by atoms with Crippen LogP contribution >= 0.6 is 11.8 Å². The molecule has 2 aromatic heterocycles. The van der Waals surface area contributed by atoms with Crippen molar-refractivity contribution < 1.29 is 14.6 Å². The summed E-state index contributed by atoms with van der Waals surface area (Å²) in [6, 6.07) is 21.3. The van der Waals surface area contributed by atoms with Crippen molar-refractivity contribution in [3.8, 4) is 34.7 Å². The summed E-state index contributed by atoms with van der Waals surface area (Å²) in [6.07, 6.45) is 0.241. The third-order valence-electron chi connectivity index (χ3n) is 5.89. The number of aliphatic hydroxyl groups excluding tert-OH is 2. The average Bonchev–Trinajstić information content (AvgIpc) is 3.31. The van der Waals surface area contributed by atoms with Crippen LogP contribution in [0, 0.1) is 29.6 Å². The van der Waals surface area contributed by atoms with Gasteiger partial charge in [0, 0.05) is 16.9 Å².